The Morgan fingerprint density at radius 3 is 2.60 bits per heavy atom. The molecule has 1 aliphatic carbocycles. The first kappa shape index (κ1) is 15.5. The van der Waals surface area contributed by atoms with Crippen molar-refractivity contribution in [2.45, 2.75) is 19.4 Å². The van der Waals surface area contributed by atoms with Crippen LogP contribution in [-0.4, -0.2) is 70.4 Å². The average molecular weight is 304 g/mol. The van der Waals surface area contributed by atoms with Crippen molar-refractivity contribution in [2.75, 3.05) is 45.6 Å². The molecule has 0 aromatic heterocycles. The van der Waals surface area contributed by atoms with Crippen molar-refractivity contribution in [1.82, 2.24) is 14.9 Å². The van der Waals surface area contributed by atoms with Gasteiger partial charge in [0.2, 0.25) is 10.0 Å². The molecular weight excluding hydrogens is 280 g/mol. The van der Waals surface area contributed by atoms with Gasteiger partial charge < -0.3 is 15.4 Å². The second-order valence-electron chi connectivity index (χ2n) is 5.29. The zero-order valence-electron chi connectivity index (χ0n) is 12.1. The van der Waals surface area contributed by atoms with Crippen molar-refractivity contribution in [3.8, 4) is 0 Å². The Balaban J connectivity index is 1.73. The largest absolute Gasteiger partial charge is 0.379 e. The molecule has 0 radical (unpaired) electrons. The maximum Gasteiger partial charge on any atom is 0.215 e. The Morgan fingerprint density at radius 2 is 2.05 bits per heavy atom. The quantitative estimate of drug-likeness (QED) is 0.514. The van der Waals surface area contributed by atoms with Crippen molar-refractivity contribution < 1.29 is 13.2 Å². The van der Waals surface area contributed by atoms with Crippen LogP contribution in [-0.2, 0) is 14.8 Å². The predicted octanol–water partition coefficient (Wildman–Crippen LogP) is -0.778. The molecule has 116 valence electrons. The van der Waals surface area contributed by atoms with Gasteiger partial charge in [-0.1, -0.05) is 6.92 Å². The van der Waals surface area contributed by atoms with Gasteiger partial charge in [-0.2, -0.15) is 4.31 Å². The van der Waals surface area contributed by atoms with Crippen molar-refractivity contribution in [3.63, 3.8) is 0 Å². The monoisotopic (exact) mass is 304 g/mol. The van der Waals surface area contributed by atoms with Gasteiger partial charge in [0.15, 0.2) is 5.96 Å². The summed E-state index contributed by atoms with van der Waals surface area (Å²) in [5, 5.41) is 6.32. The molecule has 2 rings (SSSR count). The minimum Gasteiger partial charge on any atom is -0.379 e. The SMILES string of the molecule is CN=C(NCCS(=O)(=O)N1CCOCC1)NC1CC1C. The van der Waals surface area contributed by atoms with Crippen LogP contribution in [0.3, 0.4) is 0 Å². The Labute approximate surface area is 120 Å². The summed E-state index contributed by atoms with van der Waals surface area (Å²) in [6.45, 7) is 4.41. The highest BCUT2D eigenvalue weighted by molar-refractivity contribution is 7.89. The highest BCUT2D eigenvalue weighted by atomic mass is 32.2. The molecule has 2 unspecified atom stereocenters. The Kier molecular flexibility index (Phi) is 5.22. The van der Waals surface area contributed by atoms with Gasteiger partial charge in [0, 0.05) is 32.7 Å². The van der Waals surface area contributed by atoms with Gasteiger partial charge in [0.1, 0.15) is 0 Å². The van der Waals surface area contributed by atoms with Gasteiger partial charge in [-0.25, -0.2) is 8.42 Å². The van der Waals surface area contributed by atoms with E-state index in [4.69, 9.17) is 4.74 Å². The molecule has 2 atom stereocenters. The van der Waals surface area contributed by atoms with Crippen molar-refractivity contribution in [3.05, 3.63) is 0 Å². The predicted molar refractivity (Wildman–Crippen MR) is 78.2 cm³/mol. The lowest BCUT2D eigenvalue weighted by Gasteiger charge is -2.26. The molecule has 20 heavy (non-hydrogen) atoms. The second-order valence-corrected chi connectivity index (χ2v) is 7.38. The lowest BCUT2D eigenvalue weighted by molar-refractivity contribution is 0.0730. The molecule has 7 nitrogen and oxygen atoms in total. The van der Waals surface area contributed by atoms with Crippen LogP contribution in [0.2, 0.25) is 0 Å². The van der Waals surface area contributed by atoms with Gasteiger partial charge in [-0.15, -0.1) is 0 Å². The van der Waals surface area contributed by atoms with E-state index in [1.807, 2.05) is 0 Å². The van der Waals surface area contributed by atoms with E-state index in [0.29, 0.717) is 50.8 Å². The minimum atomic E-state index is -3.20. The summed E-state index contributed by atoms with van der Waals surface area (Å²) >= 11 is 0. The Bertz CT molecular complexity index is 446. The molecule has 0 bridgehead atoms. The number of guanidine groups is 1. The average Bonchev–Trinajstić information content (AvgIpc) is 3.14. The van der Waals surface area contributed by atoms with Gasteiger partial charge in [-0.05, 0) is 12.3 Å². The molecule has 2 aliphatic rings. The fourth-order valence-corrected chi connectivity index (χ4v) is 3.47. The third-order valence-electron chi connectivity index (χ3n) is 3.67. The fraction of sp³-hybridized carbons (Fsp3) is 0.917. The molecule has 1 saturated heterocycles. The van der Waals surface area contributed by atoms with Gasteiger partial charge in [0.25, 0.3) is 0 Å². The van der Waals surface area contributed by atoms with Crippen LogP contribution < -0.4 is 10.6 Å². The molecule has 0 aromatic rings. The summed E-state index contributed by atoms with van der Waals surface area (Å²) in [6, 6.07) is 0.469. The van der Waals surface area contributed by atoms with Crippen LogP contribution in [0.4, 0.5) is 0 Å². The third-order valence-corrected chi connectivity index (χ3v) is 5.54. The molecule has 2 fully saturated rings. The maximum absolute atomic E-state index is 12.1. The van der Waals surface area contributed by atoms with Crippen LogP contribution >= 0.6 is 0 Å². The number of aliphatic imine (C=N–C) groups is 1. The van der Waals surface area contributed by atoms with Crippen molar-refractivity contribution in [1.29, 1.82) is 0 Å². The first-order chi connectivity index (χ1) is 9.53. The van der Waals surface area contributed by atoms with Crippen LogP contribution in [0, 0.1) is 5.92 Å². The number of hydrogen-bond donors (Lipinski definition) is 2. The smallest absolute Gasteiger partial charge is 0.215 e. The topological polar surface area (TPSA) is 83.0 Å². The lowest BCUT2D eigenvalue weighted by Crippen LogP contribution is -2.45. The third kappa shape index (κ3) is 4.32. The number of hydrogen-bond acceptors (Lipinski definition) is 4. The zero-order chi connectivity index (χ0) is 14.6. The molecule has 1 aliphatic heterocycles. The number of morpholine rings is 1. The molecule has 0 aromatic carbocycles. The standard InChI is InChI=1S/C12H24N4O3S/c1-10-9-11(10)15-12(13-2)14-3-8-20(17,18)16-4-6-19-7-5-16/h10-11H,3-9H2,1-2H3,(H2,13,14,15). The molecule has 1 saturated carbocycles. The summed E-state index contributed by atoms with van der Waals surface area (Å²) in [5.41, 5.74) is 0. The van der Waals surface area contributed by atoms with E-state index < -0.39 is 10.0 Å². The van der Waals surface area contributed by atoms with Gasteiger partial charge in [-0.3, -0.25) is 4.99 Å². The summed E-state index contributed by atoms with van der Waals surface area (Å²) in [4.78, 5) is 4.10. The number of sulfonamides is 1. The molecule has 0 spiro atoms. The highest BCUT2D eigenvalue weighted by Crippen LogP contribution is 2.28. The van der Waals surface area contributed by atoms with Crippen LogP contribution in [0.25, 0.3) is 0 Å². The fourth-order valence-electron chi connectivity index (χ4n) is 2.15. The van der Waals surface area contributed by atoms with Gasteiger partial charge >= 0.3 is 0 Å². The van der Waals surface area contributed by atoms with Crippen molar-refractivity contribution in [2.24, 2.45) is 10.9 Å². The normalized spacial score (nSPS) is 28.2. The van der Waals surface area contributed by atoms with Crippen molar-refractivity contribution >= 4 is 16.0 Å². The van der Waals surface area contributed by atoms with E-state index in [1.54, 1.807) is 7.05 Å². The number of nitrogens with zero attached hydrogens (tertiary/aromatic N) is 2. The van der Waals surface area contributed by atoms with Gasteiger partial charge in [0.05, 0.1) is 19.0 Å². The molecular formula is C12H24N4O3S. The van der Waals surface area contributed by atoms with E-state index in [-0.39, 0.29) is 5.75 Å². The van der Waals surface area contributed by atoms with E-state index in [0.717, 1.165) is 6.42 Å². The molecule has 1 heterocycles. The lowest BCUT2D eigenvalue weighted by atomic mass is 10.5. The summed E-state index contributed by atoms with van der Waals surface area (Å²) in [5.74, 6) is 1.43. The van der Waals surface area contributed by atoms with E-state index in [2.05, 4.69) is 22.5 Å². The Morgan fingerprint density at radius 1 is 1.40 bits per heavy atom. The molecule has 2 N–H and O–H groups in total. The number of ether oxygens (including phenoxy) is 1. The first-order valence-electron chi connectivity index (χ1n) is 7.05. The van der Waals surface area contributed by atoms with Crippen LogP contribution in [0.1, 0.15) is 13.3 Å². The maximum atomic E-state index is 12.1. The second kappa shape index (κ2) is 6.73. The van der Waals surface area contributed by atoms with E-state index in [9.17, 15) is 8.42 Å². The van der Waals surface area contributed by atoms with E-state index in [1.165, 1.54) is 4.31 Å². The molecule has 8 heteroatoms. The highest BCUT2D eigenvalue weighted by Gasteiger charge is 2.33. The number of nitrogens with one attached hydrogen (secondary N) is 2. The van der Waals surface area contributed by atoms with E-state index >= 15 is 0 Å². The summed E-state index contributed by atoms with van der Waals surface area (Å²) in [6.07, 6.45) is 1.15. The first-order valence-corrected chi connectivity index (χ1v) is 8.66. The minimum absolute atomic E-state index is 0.0773. The number of rotatable bonds is 5. The van der Waals surface area contributed by atoms with Crippen LogP contribution in [0.15, 0.2) is 4.99 Å². The Hall–Kier alpha value is -0.860. The summed E-state index contributed by atoms with van der Waals surface area (Å²) in [7, 11) is -1.51. The van der Waals surface area contributed by atoms with Crippen LogP contribution in [0.5, 0.6) is 0 Å². The summed E-state index contributed by atoms with van der Waals surface area (Å²) < 4.78 is 30.9. The molecule has 0 amide bonds. The zero-order valence-corrected chi connectivity index (χ0v) is 12.9.